The molecule has 0 bridgehead atoms. The van der Waals surface area contributed by atoms with E-state index in [4.69, 9.17) is 22.1 Å². The second-order valence-corrected chi connectivity index (χ2v) is 3.11. The molecule has 0 saturated carbocycles. The Kier molecular flexibility index (Phi) is 1.77. The first kappa shape index (κ1) is 8.19. The van der Waals surface area contributed by atoms with Crippen LogP contribution < -0.4 is 15.8 Å². The number of hydrogen-bond donors (Lipinski definition) is 2. The van der Waals surface area contributed by atoms with Crippen LogP contribution in [0.5, 0.6) is 5.75 Å². The number of carbonyl (C=O) groups excluding carboxylic acids is 1. The average Bonchev–Trinajstić information content (AvgIpc) is 2.08. The van der Waals surface area contributed by atoms with Crippen molar-refractivity contribution in [3.8, 4) is 5.75 Å². The van der Waals surface area contributed by atoms with Crippen molar-refractivity contribution in [1.29, 1.82) is 0 Å². The lowest BCUT2D eigenvalue weighted by molar-refractivity contribution is -0.118. The van der Waals surface area contributed by atoms with Crippen LogP contribution in [0.15, 0.2) is 12.1 Å². The first-order valence-electron chi connectivity index (χ1n) is 3.68. The van der Waals surface area contributed by atoms with Crippen LogP contribution in [0.3, 0.4) is 0 Å². The Morgan fingerprint density at radius 2 is 2.31 bits per heavy atom. The van der Waals surface area contributed by atoms with E-state index < -0.39 is 0 Å². The van der Waals surface area contributed by atoms with Crippen LogP contribution >= 0.6 is 11.6 Å². The molecule has 3 N–H and O–H groups in total. The molecule has 5 heteroatoms. The van der Waals surface area contributed by atoms with Crippen LogP contribution in [0, 0.1) is 0 Å². The van der Waals surface area contributed by atoms with Gasteiger partial charge in [-0.2, -0.15) is 0 Å². The normalized spacial score (nSPS) is 14.4. The number of rotatable bonds is 0. The molecule has 0 fully saturated rings. The SMILES string of the molecule is Nc1cc2c(cc1Cl)OCC(=O)N2. The highest BCUT2D eigenvalue weighted by atomic mass is 35.5. The van der Waals surface area contributed by atoms with E-state index in [1.54, 1.807) is 12.1 Å². The molecular formula is C8H7ClN2O2. The number of nitrogen functional groups attached to an aromatic ring is 1. The second-order valence-electron chi connectivity index (χ2n) is 2.71. The van der Waals surface area contributed by atoms with Gasteiger partial charge >= 0.3 is 0 Å². The fourth-order valence-corrected chi connectivity index (χ4v) is 1.27. The molecule has 1 amide bonds. The van der Waals surface area contributed by atoms with Crippen LogP contribution in [0.2, 0.25) is 5.02 Å². The molecule has 0 aliphatic carbocycles. The third-order valence-corrected chi connectivity index (χ3v) is 2.06. The quantitative estimate of drug-likeness (QED) is 0.617. The fourth-order valence-electron chi connectivity index (χ4n) is 1.12. The Morgan fingerprint density at radius 3 is 3.08 bits per heavy atom. The molecule has 0 spiro atoms. The topological polar surface area (TPSA) is 64.3 Å². The highest BCUT2D eigenvalue weighted by Crippen LogP contribution is 2.34. The molecule has 1 aromatic rings. The molecule has 1 aliphatic rings. The van der Waals surface area contributed by atoms with Gasteiger partial charge in [-0.3, -0.25) is 4.79 Å². The Morgan fingerprint density at radius 1 is 1.54 bits per heavy atom. The molecule has 13 heavy (non-hydrogen) atoms. The monoisotopic (exact) mass is 198 g/mol. The van der Waals surface area contributed by atoms with Crippen LogP contribution in [0.1, 0.15) is 0 Å². The van der Waals surface area contributed by atoms with Gasteiger partial charge in [-0.25, -0.2) is 0 Å². The molecule has 68 valence electrons. The number of anilines is 2. The van der Waals surface area contributed by atoms with Gasteiger partial charge in [0.05, 0.1) is 16.4 Å². The smallest absolute Gasteiger partial charge is 0.262 e. The van der Waals surface area contributed by atoms with Crippen molar-refractivity contribution >= 4 is 28.9 Å². The van der Waals surface area contributed by atoms with Crippen LogP contribution in [0.25, 0.3) is 0 Å². The van der Waals surface area contributed by atoms with Gasteiger partial charge in [0.15, 0.2) is 6.61 Å². The van der Waals surface area contributed by atoms with Crippen molar-refractivity contribution in [2.45, 2.75) is 0 Å². The Labute approximate surface area is 79.6 Å². The summed E-state index contributed by atoms with van der Waals surface area (Å²) in [6.45, 7) is 0.0211. The van der Waals surface area contributed by atoms with E-state index in [2.05, 4.69) is 5.32 Å². The van der Waals surface area contributed by atoms with Gasteiger partial charge in [0.25, 0.3) is 5.91 Å². The average molecular weight is 199 g/mol. The minimum Gasteiger partial charge on any atom is -0.482 e. The number of carbonyl (C=O) groups is 1. The maximum Gasteiger partial charge on any atom is 0.262 e. The molecule has 1 aliphatic heterocycles. The van der Waals surface area contributed by atoms with Gasteiger partial charge in [-0.05, 0) is 6.07 Å². The van der Waals surface area contributed by atoms with E-state index in [1.807, 2.05) is 0 Å². The summed E-state index contributed by atoms with van der Waals surface area (Å²) in [5.74, 6) is 0.369. The highest BCUT2D eigenvalue weighted by Gasteiger charge is 2.16. The number of amides is 1. The maximum absolute atomic E-state index is 10.9. The van der Waals surface area contributed by atoms with Crippen molar-refractivity contribution in [2.75, 3.05) is 17.7 Å². The number of nitrogens with one attached hydrogen (secondary N) is 1. The van der Waals surface area contributed by atoms with Crippen molar-refractivity contribution < 1.29 is 9.53 Å². The summed E-state index contributed by atoms with van der Waals surface area (Å²) >= 11 is 5.76. The van der Waals surface area contributed by atoms with Gasteiger partial charge < -0.3 is 15.8 Å². The van der Waals surface area contributed by atoms with Crippen LogP contribution in [0.4, 0.5) is 11.4 Å². The van der Waals surface area contributed by atoms with Gasteiger partial charge in [-0.15, -0.1) is 0 Å². The zero-order valence-corrected chi connectivity index (χ0v) is 7.39. The summed E-state index contributed by atoms with van der Waals surface area (Å²) < 4.78 is 5.12. The predicted octanol–water partition coefficient (Wildman–Crippen LogP) is 1.25. The molecule has 0 radical (unpaired) electrons. The minimum atomic E-state index is -0.186. The van der Waals surface area contributed by atoms with Gasteiger partial charge in [-0.1, -0.05) is 11.6 Å². The molecule has 0 atom stereocenters. The van der Waals surface area contributed by atoms with Crippen LogP contribution in [-0.2, 0) is 4.79 Å². The van der Waals surface area contributed by atoms with Crippen molar-refractivity contribution in [2.24, 2.45) is 0 Å². The van der Waals surface area contributed by atoms with E-state index in [0.29, 0.717) is 22.1 Å². The van der Waals surface area contributed by atoms with E-state index in [-0.39, 0.29) is 12.5 Å². The molecular weight excluding hydrogens is 192 g/mol. The third-order valence-electron chi connectivity index (χ3n) is 1.73. The molecule has 1 aromatic carbocycles. The van der Waals surface area contributed by atoms with E-state index in [0.717, 1.165) is 0 Å². The highest BCUT2D eigenvalue weighted by molar-refractivity contribution is 6.33. The summed E-state index contributed by atoms with van der Waals surface area (Å²) in [5, 5.41) is 3.05. The van der Waals surface area contributed by atoms with Crippen molar-refractivity contribution in [3.63, 3.8) is 0 Å². The maximum atomic E-state index is 10.9. The first-order valence-corrected chi connectivity index (χ1v) is 4.06. The summed E-state index contributed by atoms with van der Waals surface area (Å²) in [6.07, 6.45) is 0. The second kappa shape index (κ2) is 2.81. The number of halogens is 1. The van der Waals surface area contributed by atoms with Crippen molar-refractivity contribution in [3.05, 3.63) is 17.2 Å². The van der Waals surface area contributed by atoms with Crippen LogP contribution in [-0.4, -0.2) is 12.5 Å². The Bertz CT molecular complexity index is 379. The summed E-state index contributed by atoms with van der Waals surface area (Å²) in [6, 6.07) is 3.17. The molecule has 0 aromatic heterocycles. The minimum absolute atomic E-state index is 0.0211. The summed E-state index contributed by atoms with van der Waals surface area (Å²) in [7, 11) is 0. The van der Waals surface area contributed by atoms with Gasteiger partial charge in [0.1, 0.15) is 5.75 Å². The zero-order chi connectivity index (χ0) is 9.42. The van der Waals surface area contributed by atoms with Crippen molar-refractivity contribution in [1.82, 2.24) is 0 Å². The van der Waals surface area contributed by atoms with E-state index >= 15 is 0 Å². The third kappa shape index (κ3) is 1.40. The molecule has 1 heterocycles. The Balaban J connectivity index is 2.49. The largest absolute Gasteiger partial charge is 0.482 e. The van der Waals surface area contributed by atoms with E-state index in [1.165, 1.54) is 0 Å². The molecule has 2 rings (SSSR count). The lowest BCUT2D eigenvalue weighted by Crippen LogP contribution is -2.25. The number of nitrogens with two attached hydrogens (primary N) is 1. The lowest BCUT2D eigenvalue weighted by atomic mass is 10.2. The standard InChI is InChI=1S/C8H7ClN2O2/c9-4-1-7-6(2-5(4)10)11-8(12)3-13-7/h1-2H,3,10H2,(H,11,12). The molecule has 0 unspecified atom stereocenters. The van der Waals surface area contributed by atoms with Gasteiger partial charge in [0, 0.05) is 6.07 Å². The summed E-state index contributed by atoms with van der Waals surface area (Å²) in [4.78, 5) is 10.9. The predicted molar refractivity (Wildman–Crippen MR) is 50.0 cm³/mol. The number of fused-ring (bicyclic) bond motifs is 1. The molecule has 0 saturated heterocycles. The number of ether oxygens (including phenoxy) is 1. The number of benzene rings is 1. The van der Waals surface area contributed by atoms with E-state index in [9.17, 15) is 4.79 Å². The zero-order valence-electron chi connectivity index (χ0n) is 6.63. The summed E-state index contributed by atoms with van der Waals surface area (Å²) in [5.41, 5.74) is 6.54. The number of hydrogen-bond acceptors (Lipinski definition) is 3. The molecule has 4 nitrogen and oxygen atoms in total. The fraction of sp³-hybridized carbons (Fsp3) is 0.125. The lowest BCUT2D eigenvalue weighted by Gasteiger charge is -2.18. The van der Waals surface area contributed by atoms with Gasteiger partial charge in [0.2, 0.25) is 0 Å². The Hall–Kier alpha value is -1.42. The first-order chi connectivity index (χ1) is 6.16.